The Morgan fingerprint density at radius 3 is 2.59 bits per heavy atom. The molecule has 0 saturated carbocycles. The molecule has 132 valence electrons. The van der Waals surface area contributed by atoms with Crippen LogP contribution in [0.5, 0.6) is 0 Å². The number of carbonyl (C=O) groups is 1. The van der Waals surface area contributed by atoms with Gasteiger partial charge in [-0.15, -0.1) is 0 Å². The number of para-hydroxylation sites is 2. The summed E-state index contributed by atoms with van der Waals surface area (Å²) in [6, 6.07) is 21.0. The number of pyridine rings is 1. The van der Waals surface area contributed by atoms with Gasteiger partial charge < -0.3 is 10.2 Å². The number of carbonyl (C=O) groups excluding carboxylic acids is 1. The second-order valence-electron chi connectivity index (χ2n) is 5.99. The van der Waals surface area contributed by atoms with Crippen molar-refractivity contribution >= 4 is 34.0 Å². The molecule has 6 nitrogen and oxygen atoms in total. The molecule has 1 amide bonds. The molecule has 2 aromatic heterocycles. The first-order valence-electron chi connectivity index (χ1n) is 8.48. The van der Waals surface area contributed by atoms with Gasteiger partial charge in [-0.2, -0.15) is 0 Å². The Bertz CT molecular complexity index is 1090. The van der Waals surface area contributed by atoms with Crippen molar-refractivity contribution in [1.29, 1.82) is 0 Å². The van der Waals surface area contributed by atoms with E-state index in [-0.39, 0.29) is 11.6 Å². The maximum atomic E-state index is 12.7. The van der Waals surface area contributed by atoms with Crippen LogP contribution in [0.4, 0.5) is 17.2 Å². The number of rotatable bonds is 4. The molecule has 0 spiro atoms. The highest BCUT2D eigenvalue weighted by molar-refractivity contribution is 6.07. The summed E-state index contributed by atoms with van der Waals surface area (Å²) in [5, 5.41) is 3.86. The normalized spacial score (nSPS) is 10.6. The van der Waals surface area contributed by atoms with Crippen LogP contribution in [-0.4, -0.2) is 27.9 Å². The van der Waals surface area contributed by atoms with Crippen LogP contribution in [0.1, 0.15) is 10.5 Å². The van der Waals surface area contributed by atoms with Crippen LogP contribution >= 0.6 is 0 Å². The van der Waals surface area contributed by atoms with Gasteiger partial charge in [0.1, 0.15) is 17.8 Å². The van der Waals surface area contributed by atoms with Crippen molar-refractivity contribution in [2.45, 2.75) is 0 Å². The molecule has 27 heavy (non-hydrogen) atoms. The second-order valence-corrected chi connectivity index (χ2v) is 5.99. The minimum atomic E-state index is -0.307. The third-order valence-electron chi connectivity index (χ3n) is 4.25. The van der Waals surface area contributed by atoms with E-state index in [0.29, 0.717) is 11.5 Å². The lowest BCUT2D eigenvalue weighted by atomic mass is 10.2. The summed E-state index contributed by atoms with van der Waals surface area (Å²) in [5.41, 5.74) is 2.65. The second kappa shape index (κ2) is 7.21. The molecule has 0 fully saturated rings. The Morgan fingerprint density at radius 1 is 0.926 bits per heavy atom. The highest BCUT2D eigenvalue weighted by Crippen LogP contribution is 2.23. The Labute approximate surface area is 156 Å². The molecule has 1 N–H and O–H groups in total. The van der Waals surface area contributed by atoms with Crippen LogP contribution < -0.4 is 10.2 Å². The molecule has 4 rings (SSSR count). The third-order valence-corrected chi connectivity index (χ3v) is 4.25. The van der Waals surface area contributed by atoms with Gasteiger partial charge in [0.2, 0.25) is 0 Å². The van der Waals surface area contributed by atoms with Gasteiger partial charge in [0.05, 0.1) is 11.2 Å². The van der Waals surface area contributed by atoms with E-state index in [1.54, 1.807) is 12.3 Å². The van der Waals surface area contributed by atoms with Crippen molar-refractivity contribution < 1.29 is 4.79 Å². The van der Waals surface area contributed by atoms with Crippen molar-refractivity contribution in [3.05, 3.63) is 84.9 Å². The lowest BCUT2D eigenvalue weighted by Gasteiger charge is -2.18. The quantitative estimate of drug-likeness (QED) is 0.598. The van der Waals surface area contributed by atoms with E-state index in [9.17, 15) is 4.79 Å². The van der Waals surface area contributed by atoms with Crippen LogP contribution in [0.25, 0.3) is 10.9 Å². The molecule has 0 aliphatic rings. The maximum absolute atomic E-state index is 12.7. The van der Waals surface area contributed by atoms with Crippen molar-refractivity contribution in [3.8, 4) is 0 Å². The lowest BCUT2D eigenvalue weighted by Crippen LogP contribution is -2.17. The van der Waals surface area contributed by atoms with E-state index in [4.69, 9.17) is 0 Å². The number of hydrogen-bond donors (Lipinski definition) is 1. The molecule has 0 saturated heterocycles. The zero-order chi connectivity index (χ0) is 18.6. The summed E-state index contributed by atoms with van der Waals surface area (Å²) in [5.74, 6) is 0.329. The molecule has 2 aromatic carbocycles. The Kier molecular flexibility index (Phi) is 4.45. The SMILES string of the molecule is CN(c1ccccc1)c1cc(C(=O)Nc2cccc3cccnc23)ncn1. The van der Waals surface area contributed by atoms with Gasteiger partial charge in [-0.3, -0.25) is 9.78 Å². The number of nitrogens with one attached hydrogen (secondary N) is 1. The zero-order valence-corrected chi connectivity index (χ0v) is 14.7. The molecule has 0 bridgehead atoms. The predicted octanol–water partition coefficient (Wildman–Crippen LogP) is 4.05. The highest BCUT2D eigenvalue weighted by atomic mass is 16.1. The number of hydrogen-bond acceptors (Lipinski definition) is 5. The number of benzene rings is 2. The fraction of sp³-hybridized carbons (Fsp3) is 0.0476. The van der Waals surface area contributed by atoms with E-state index in [1.807, 2.05) is 72.6 Å². The molecule has 2 heterocycles. The van der Waals surface area contributed by atoms with Crippen molar-refractivity contribution in [2.24, 2.45) is 0 Å². The van der Waals surface area contributed by atoms with Crippen LogP contribution in [0.3, 0.4) is 0 Å². The summed E-state index contributed by atoms with van der Waals surface area (Å²) in [4.78, 5) is 27.4. The van der Waals surface area contributed by atoms with Gasteiger partial charge >= 0.3 is 0 Å². The molecule has 0 radical (unpaired) electrons. The van der Waals surface area contributed by atoms with Gasteiger partial charge in [0, 0.05) is 30.4 Å². The van der Waals surface area contributed by atoms with Crippen LogP contribution in [0, 0.1) is 0 Å². The van der Waals surface area contributed by atoms with Gasteiger partial charge in [0.25, 0.3) is 5.91 Å². The average molecular weight is 355 g/mol. The lowest BCUT2D eigenvalue weighted by molar-refractivity contribution is 0.102. The molecule has 0 atom stereocenters. The Hall–Kier alpha value is -3.80. The highest BCUT2D eigenvalue weighted by Gasteiger charge is 2.13. The predicted molar refractivity (Wildman–Crippen MR) is 106 cm³/mol. The molecule has 4 aromatic rings. The first-order chi connectivity index (χ1) is 13.2. The topological polar surface area (TPSA) is 71.0 Å². The van der Waals surface area contributed by atoms with Gasteiger partial charge in [-0.25, -0.2) is 9.97 Å². The zero-order valence-electron chi connectivity index (χ0n) is 14.7. The fourth-order valence-corrected chi connectivity index (χ4v) is 2.83. The van der Waals surface area contributed by atoms with Gasteiger partial charge in [-0.05, 0) is 24.3 Å². The van der Waals surface area contributed by atoms with E-state index >= 15 is 0 Å². The first-order valence-corrected chi connectivity index (χ1v) is 8.48. The summed E-state index contributed by atoms with van der Waals surface area (Å²) >= 11 is 0. The summed E-state index contributed by atoms with van der Waals surface area (Å²) < 4.78 is 0. The Morgan fingerprint density at radius 2 is 1.74 bits per heavy atom. The van der Waals surface area contributed by atoms with Crippen molar-refractivity contribution in [1.82, 2.24) is 15.0 Å². The molecule has 6 heteroatoms. The van der Waals surface area contributed by atoms with E-state index in [1.165, 1.54) is 6.33 Å². The first kappa shape index (κ1) is 16.7. The standard InChI is InChI=1S/C21H17N5O/c1-26(16-9-3-2-4-10-16)19-13-18(23-14-24-19)21(27)25-17-11-5-7-15-8-6-12-22-20(15)17/h2-14H,1H3,(H,25,27). The minimum Gasteiger partial charge on any atom is -0.329 e. The van der Waals surface area contributed by atoms with E-state index < -0.39 is 0 Å². The minimum absolute atomic E-state index is 0.288. The molecule has 0 unspecified atom stereocenters. The molecule has 0 aliphatic heterocycles. The van der Waals surface area contributed by atoms with Crippen molar-refractivity contribution in [3.63, 3.8) is 0 Å². The number of aromatic nitrogens is 3. The largest absolute Gasteiger partial charge is 0.329 e. The van der Waals surface area contributed by atoms with Crippen LogP contribution in [0.15, 0.2) is 79.3 Å². The monoisotopic (exact) mass is 355 g/mol. The van der Waals surface area contributed by atoms with Crippen molar-refractivity contribution in [2.75, 3.05) is 17.3 Å². The molecular weight excluding hydrogens is 338 g/mol. The van der Waals surface area contributed by atoms with Gasteiger partial charge in [-0.1, -0.05) is 36.4 Å². The smallest absolute Gasteiger partial charge is 0.274 e. The van der Waals surface area contributed by atoms with Gasteiger partial charge in [0.15, 0.2) is 0 Å². The number of anilines is 3. The van der Waals surface area contributed by atoms with E-state index in [0.717, 1.165) is 16.6 Å². The summed E-state index contributed by atoms with van der Waals surface area (Å²) in [7, 11) is 1.90. The number of nitrogens with zero attached hydrogens (tertiary/aromatic N) is 4. The molecular formula is C21H17N5O. The average Bonchev–Trinajstić information content (AvgIpc) is 2.74. The molecule has 0 aliphatic carbocycles. The number of fused-ring (bicyclic) bond motifs is 1. The summed E-state index contributed by atoms with van der Waals surface area (Å²) in [6.07, 6.45) is 3.10. The number of amides is 1. The third kappa shape index (κ3) is 3.46. The van der Waals surface area contributed by atoms with E-state index in [2.05, 4.69) is 20.3 Å². The summed E-state index contributed by atoms with van der Waals surface area (Å²) in [6.45, 7) is 0. The van der Waals surface area contributed by atoms with Crippen LogP contribution in [-0.2, 0) is 0 Å². The Balaban J connectivity index is 1.61. The van der Waals surface area contributed by atoms with Crippen LogP contribution in [0.2, 0.25) is 0 Å². The fourth-order valence-electron chi connectivity index (χ4n) is 2.83. The maximum Gasteiger partial charge on any atom is 0.274 e.